The summed E-state index contributed by atoms with van der Waals surface area (Å²) in [5.41, 5.74) is 2.57. The van der Waals surface area contributed by atoms with Crippen molar-refractivity contribution in [2.75, 3.05) is 26.3 Å². The van der Waals surface area contributed by atoms with E-state index in [9.17, 15) is 9.59 Å². The number of thiophene rings is 1. The Bertz CT molecular complexity index is 1080. The summed E-state index contributed by atoms with van der Waals surface area (Å²) in [5.74, 6) is 1.44. The summed E-state index contributed by atoms with van der Waals surface area (Å²) in [6, 6.07) is 7.43. The molecule has 0 unspecified atom stereocenters. The molecule has 2 aliphatic rings. The van der Waals surface area contributed by atoms with Crippen molar-refractivity contribution in [3.05, 3.63) is 51.7 Å². The van der Waals surface area contributed by atoms with Crippen LogP contribution in [0.15, 0.2) is 40.4 Å². The number of thiazole rings is 1. The van der Waals surface area contributed by atoms with Crippen molar-refractivity contribution in [1.29, 1.82) is 0 Å². The van der Waals surface area contributed by atoms with E-state index in [-0.39, 0.29) is 17.6 Å². The third-order valence-electron chi connectivity index (χ3n) is 5.70. The van der Waals surface area contributed by atoms with E-state index in [2.05, 4.69) is 10.4 Å². The van der Waals surface area contributed by atoms with E-state index in [1.165, 1.54) is 0 Å². The maximum atomic E-state index is 13.0. The lowest BCUT2D eigenvalue weighted by Gasteiger charge is -2.31. The second-order valence-electron chi connectivity index (χ2n) is 7.71. The number of aromatic nitrogens is 1. The summed E-state index contributed by atoms with van der Waals surface area (Å²) in [6.07, 6.45) is 1.66. The summed E-state index contributed by atoms with van der Waals surface area (Å²) in [4.78, 5) is 32.2. The van der Waals surface area contributed by atoms with Crippen LogP contribution in [0.1, 0.15) is 28.9 Å². The molecule has 5 rings (SSSR count). The van der Waals surface area contributed by atoms with Crippen LogP contribution in [-0.2, 0) is 11.2 Å². The molecule has 1 aromatic carbocycles. The molecule has 0 saturated carbocycles. The first kappa shape index (κ1) is 20.2. The van der Waals surface area contributed by atoms with Crippen molar-refractivity contribution >= 4 is 34.4 Å². The standard InChI is InChI=1S/C23H22N2O4S2/c26-21(12-18-14-31-23(24-18)17-5-10-30-13-17)25-6-3-15(4-7-25)22(27)16-1-2-19-20(11-16)29-9-8-28-19/h1-2,5,10-11,13-15H,3-4,6-9,12H2. The number of ketones is 1. The molecule has 0 bridgehead atoms. The number of carbonyl (C=O) groups is 2. The van der Waals surface area contributed by atoms with Gasteiger partial charge in [-0.1, -0.05) is 0 Å². The second-order valence-corrected chi connectivity index (χ2v) is 9.35. The molecule has 1 saturated heterocycles. The molecule has 1 fully saturated rings. The molecule has 0 aliphatic carbocycles. The van der Waals surface area contributed by atoms with E-state index in [1.807, 2.05) is 21.7 Å². The van der Waals surface area contributed by atoms with Gasteiger partial charge in [0.2, 0.25) is 5.91 Å². The molecule has 1 amide bonds. The number of benzene rings is 1. The second kappa shape index (κ2) is 8.80. The van der Waals surface area contributed by atoms with E-state index in [1.54, 1.807) is 40.9 Å². The van der Waals surface area contributed by atoms with Crippen LogP contribution < -0.4 is 9.47 Å². The maximum absolute atomic E-state index is 13.0. The van der Waals surface area contributed by atoms with Crippen LogP contribution in [0.4, 0.5) is 0 Å². The number of rotatable bonds is 5. The van der Waals surface area contributed by atoms with E-state index in [0.717, 1.165) is 16.3 Å². The fourth-order valence-corrected chi connectivity index (χ4v) is 5.53. The fourth-order valence-electron chi connectivity index (χ4n) is 4.00. The van der Waals surface area contributed by atoms with Crippen molar-refractivity contribution < 1.29 is 19.1 Å². The van der Waals surface area contributed by atoms with Gasteiger partial charge in [0.05, 0.1) is 12.1 Å². The minimum Gasteiger partial charge on any atom is -0.486 e. The molecule has 2 aliphatic heterocycles. The minimum absolute atomic E-state index is 0.0731. The number of amides is 1. The molecule has 160 valence electrons. The van der Waals surface area contributed by atoms with Gasteiger partial charge in [0.25, 0.3) is 0 Å². The zero-order chi connectivity index (χ0) is 21.2. The molecule has 0 atom stereocenters. The predicted octanol–water partition coefficient (Wildman–Crippen LogP) is 4.31. The highest BCUT2D eigenvalue weighted by atomic mass is 32.1. The average Bonchev–Trinajstić information content (AvgIpc) is 3.50. The zero-order valence-corrected chi connectivity index (χ0v) is 18.5. The van der Waals surface area contributed by atoms with Crippen molar-refractivity contribution in [1.82, 2.24) is 9.88 Å². The monoisotopic (exact) mass is 454 g/mol. The van der Waals surface area contributed by atoms with Gasteiger partial charge in [-0.05, 0) is 42.5 Å². The third-order valence-corrected chi connectivity index (χ3v) is 7.32. The van der Waals surface area contributed by atoms with Crippen molar-refractivity contribution in [2.45, 2.75) is 19.3 Å². The molecular formula is C23H22N2O4S2. The van der Waals surface area contributed by atoms with Gasteiger partial charge in [0.15, 0.2) is 17.3 Å². The normalized spacial score (nSPS) is 16.3. The number of likely N-dealkylation sites (tertiary alicyclic amines) is 1. The number of fused-ring (bicyclic) bond motifs is 1. The molecule has 0 N–H and O–H groups in total. The lowest BCUT2D eigenvalue weighted by Crippen LogP contribution is -2.41. The van der Waals surface area contributed by atoms with Crippen LogP contribution in [-0.4, -0.2) is 47.9 Å². The fraction of sp³-hybridized carbons (Fsp3) is 0.348. The first-order chi connectivity index (χ1) is 15.2. The maximum Gasteiger partial charge on any atom is 0.228 e. The predicted molar refractivity (Wildman–Crippen MR) is 120 cm³/mol. The SMILES string of the molecule is O=C(c1ccc2c(c1)OCCO2)C1CCN(C(=O)Cc2csc(-c3ccsc3)n2)CC1. The Hall–Kier alpha value is -2.71. The zero-order valence-electron chi connectivity index (χ0n) is 16.9. The van der Waals surface area contributed by atoms with Gasteiger partial charge in [0, 0.05) is 40.9 Å². The average molecular weight is 455 g/mol. The topological polar surface area (TPSA) is 68.7 Å². The first-order valence-electron chi connectivity index (χ1n) is 10.4. The molecule has 6 nitrogen and oxygen atoms in total. The Morgan fingerprint density at radius 2 is 1.87 bits per heavy atom. The molecule has 2 aromatic heterocycles. The van der Waals surface area contributed by atoms with Crippen molar-refractivity contribution in [2.24, 2.45) is 5.92 Å². The summed E-state index contributed by atoms with van der Waals surface area (Å²) in [6.45, 7) is 2.23. The Morgan fingerprint density at radius 3 is 2.65 bits per heavy atom. The van der Waals surface area contributed by atoms with Gasteiger partial charge in [-0.15, -0.1) is 11.3 Å². The quantitative estimate of drug-likeness (QED) is 0.538. The Balaban J connectivity index is 1.16. The van der Waals surface area contributed by atoms with Crippen LogP contribution in [0.2, 0.25) is 0 Å². The summed E-state index contributed by atoms with van der Waals surface area (Å²) < 4.78 is 11.1. The number of Topliss-reactive ketones (excluding diaryl/α,β-unsaturated/α-hetero) is 1. The van der Waals surface area contributed by atoms with E-state index < -0.39 is 0 Å². The molecule has 3 aromatic rings. The lowest BCUT2D eigenvalue weighted by atomic mass is 9.88. The number of hydrogen-bond acceptors (Lipinski definition) is 7. The van der Waals surface area contributed by atoms with Crippen LogP contribution >= 0.6 is 22.7 Å². The number of hydrogen-bond donors (Lipinski definition) is 0. The molecule has 31 heavy (non-hydrogen) atoms. The van der Waals surface area contributed by atoms with Gasteiger partial charge in [-0.2, -0.15) is 11.3 Å². The minimum atomic E-state index is -0.0731. The van der Waals surface area contributed by atoms with E-state index in [0.29, 0.717) is 62.6 Å². The van der Waals surface area contributed by atoms with Gasteiger partial charge in [-0.3, -0.25) is 9.59 Å². The molecule has 0 spiro atoms. The van der Waals surface area contributed by atoms with Crippen molar-refractivity contribution in [3.63, 3.8) is 0 Å². The molecule has 0 radical (unpaired) electrons. The number of piperidine rings is 1. The van der Waals surface area contributed by atoms with Crippen LogP contribution in [0.3, 0.4) is 0 Å². The summed E-state index contributed by atoms with van der Waals surface area (Å²) in [5, 5.41) is 7.00. The van der Waals surface area contributed by atoms with Gasteiger partial charge < -0.3 is 14.4 Å². The largest absolute Gasteiger partial charge is 0.486 e. The Morgan fingerprint density at radius 1 is 1.06 bits per heavy atom. The van der Waals surface area contributed by atoms with Gasteiger partial charge >= 0.3 is 0 Å². The van der Waals surface area contributed by atoms with Crippen molar-refractivity contribution in [3.8, 4) is 22.1 Å². The van der Waals surface area contributed by atoms with E-state index >= 15 is 0 Å². The molecule has 4 heterocycles. The molecule has 8 heteroatoms. The Labute approximate surface area is 188 Å². The number of ether oxygens (including phenoxy) is 2. The number of carbonyl (C=O) groups excluding carboxylic acids is 2. The van der Waals surface area contributed by atoms with Crippen LogP contribution in [0, 0.1) is 5.92 Å². The van der Waals surface area contributed by atoms with E-state index in [4.69, 9.17) is 9.47 Å². The lowest BCUT2D eigenvalue weighted by molar-refractivity contribution is -0.131. The van der Waals surface area contributed by atoms with Crippen LogP contribution in [0.25, 0.3) is 10.6 Å². The summed E-state index contributed by atoms with van der Waals surface area (Å²) >= 11 is 3.21. The highest BCUT2D eigenvalue weighted by molar-refractivity contribution is 7.14. The molecular weight excluding hydrogens is 432 g/mol. The highest BCUT2D eigenvalue weighted by Crippen LogP contribution is 2.33. The Kier molecular flexibility index (Phi) is 5.74. The summed E-state index contributed by atoms with van der Waals surface area (Å²) in [7, 11) is 0. The van der Waals surface area contributed by atoms with Gasteiger partial charge in [-0.25, -0.2) is 4.98 Å². The number of nitrogens with zero attached hydrogens (tertiary/aromatic N) is 2. The smallest absolute Gasteiger partial charge is 0.228 e. The highest BCUT2D eigenvalue weighted by Gasteiger charge is 2.29. The van der Waals surface area contributed by atoms with Gasteiger partial charge in [0.1, 0.15) is 18.2 Å². The first-order valence-corrected chi connectivity index (χ1v) is 12.2. The third kappa shape index (κ3) is 4.36. The van der Waals surface area contributed by atoms with Crippen LogP contribution in [0.5, 0.6) is 11.5 Å².